The third-order valence-electron chi connectivity index (χ3n) is 5.15. The van der Waals surface area contributed by atoms with Crippen LogP contribution in [0.25, 0.3) is 11.0 Å². The number of imidazole rings is 1. The number of nitrogens with zero attached hydrogens (tertiary/aromatic N) is 3. The molecule has 0 spiro atoms. The Morgan fingerprint density at radius 3 is 2.83 bits per heavy atom. The zero-order valence-electron chi connectivity index (χ0n) is 16.4. The average Bonchev–Trinajstić information content (AvgIpc) is 2.95. The van der Waals surface area contributed by atoms with E-state index in [2.05, 4.69) is 14.9 Å². The zero-order chi connectivity index (χ0) is 20.2. The number of hydrogen-bond donors (Lipinski definition) is 1. The van der Waals surface area contributed by atoms with Crippen molar-refractivity contribution in [1.29, 1.82) is 0 Å². The zero-order valence-corrected chi connectivity index (χ0v) is 16.4. The highest BCUT2D eigenvalue weighted by atomic mass is 16.5. The minimum Gasteiger partial charge on any atom is -0.483 e. The predicted octanol–water partition coefficient (Wildman–Crippen LogP) is 2.27. The van der Waals surface area contributed by atoms with Crippen LogP contribution in [0.1, 0.15) is 17.8 Å². The molecule has 1 aliphatic rings. The van der Waals surface area contributed by atoms with Crippen LogP contribution >= 0.6 is 0 Å². The normalized spacial score (nSPS) is 13.7. The number of ether oxygens (including phenoxy) is 1. The molecule has 0 atom stereocenters. The van der Waals surface area contributed by atoms with Crippen LogP contribution in [-0.2, 0) is 22.7 Å². The summed E-state index contributed by atoms with van der Waals surface area (Å²) in [6.45, 7) is 3.90. The number of carbonyl (C=O) groups excluding carboxylic acids is 2. The van der Waals surface area contributed by atoms with E-state index >= 15 is 0 Å². The lowest BCUT2D eigenvalue weighted by molar-refractivity contribution is -0.133. The molecule has 0 bridgehead atoms. The Labute approximate surface area is 169 Å². The lowest BCUT2D eigenvalue weighted by Crippen LogP contribution is -2.39. The Morgan fingerprint density at radius 1 is 1.14 bits per heavy atom. The second-order valence-electron chi connectivity index (χ2n) is 7.11. The van der Waals surface area contributed by atoms with Gasteiger partial charge in [-0.2, -0.15) is 0 Å². The van der Waals surface area contributed by atoms with Gasteiger partial charge in [-0.05, 0) is 25.1 Å². The molecule has 0 saturated heterocycles. The van der Waals surface area contributed by atoms with Gasteiger partial charge in [0.15, 0.2) is 6.61 Å². The summed E-state index contributed by atoms with van der Waals surface area (Å²) < 4.78 is 7.61. The second kappa shape index (κ2) is 8.34. The number of amides is 2. The molecule has 0 unspecified atom stereocenters. The summed E-state index contributed by atoms with van der Waals surface area (Å²) in [6, 6.07) is 15.6. The first kappa shape index (κ1) is 19.0. The maximum absolute atomic E-state index is 12.3. The summed E-state index contributed by atoms with van der Waals surface area (Å²) in [5.41, 5.74) is 2.95. The number of carbonyl (C=O) groups is 2. The van der Waals surface area contributed by atoms with Crippen molar-refractivity contribution in [3.63, 3.8) is 0 Å². The summed E-state index contributed by atoms with van der Waals surface area (Å²) in [6.07, 6.45) is 0.362. The smallest absolute Gasteiger partial charge is 0.260 e. The van der Waals surface area contributed by atoms with Gasteiger partial charge in [-0.15, -0.1) is 0 Å². The number of nitrogens with one attached hydrogen (secondary N) is 1. The third kappa shape index (κ3) is 4.23. The summed E-state index contributed by atoms with van der Waals surface area (Å²) in [5.74, 6) is 1.53. The molecular weight excluding hydrogens is 368 g/mol. The van der Waals surface area contributed by atoms with E-state index in [-0.39, 0.29) is 18.4 Å². The number of hydrogen-bond acceptors (Lipinski definition) is 4. The van der Waals surface area contributed by atoms with Crippen molar-refractivity contribution < 1.29 is 14.3 Å². The quantitative estimate of drug-likeness (QED) is 0.698. The molecule has 3 aromatic rings. The second-order valence-corrected chi connectivity index (χ2v) is 7.11. The maximum atomic E-state index is 12.3. The van der Waals surface area contributed by atoms with Gasteiger partial charge in [-0.3, -0.25) is 9.59 Å². The molecule has 1 N–H and O–H groups in total. The lowest BCUT2D eigenvalue weighted by atomic mass is 10.2. The molecule has 2 amide bonds. The first-order valence-corrected chi connectivity index (χ1v) is 9.79. The molecule has 0 aliphatic carbocycles. The van der Waals surface area contributed by atoms with Crippen LogP contribution in [-0.4, -0.2) is 46.0 Å². The van der Waals surface area contributed by atoms with Gasteiger partial charge < -0.3 is 19.5 Å². The van der Waals surface area contributed by atoms with Gasteiger partial charge in [-0.1, -0.05) is 30.3 Å². The Bertz CT molecular complexity index is 1040. The van der Waals surface area contributed by atoms with E-state index < -0.39 is 0 Å². The Hall–Kier alpha value is -3.35. The SMILES string of the molecule is Cc1nc2ccccc2n1CCC(=O)NCCN1Cc2ccccc2OCC1=O. The van der Waals surface area contributed by atoms with E-state index in [1.165, 1.54) is 0 Å². The highest BCUT2D eigenvalue weighted by Crippen LogP contribution is 2.22. The van der Waals surface area contributed by atoms with Gasteiger partial charge >= 0.3 is 0 Å². The topological polar surface area (TPSA) is 76.5 Å². The van der Waals surface area contributed by atoms with Crippen molar-refractivity contribution in [3.05, 3.63) is 59.9 Å². The van der Waals surface area contributed by atoms with Crippen molar-refractivity contribution >= 4 is 22.8 Å². The van der Waals surface area contributed by atoms with Crippen LogP contribution in [0.3, 0.4) is 0 Å². The first-order chi connectivity index (χ1) is 14.1. The highest BCUT2D eigenvalue weighted by molar-refractivity contribution is 5.79. The molecule has 7 nitrogen and oxygen atoms in total. The van der Waals surface area contributed by atoms with Crippen LogP contribution in [0.4, 0.5) is 0 Å². The lowest BCUT2D eigenvalue weighted by Gasteiger charge is -2.20. The minimum atomic E-state index is -0.0732. The molecule has 150 valence electrons. The Morgan fingerprint density at radius 2 is 1.93 bits per heavy atom. The van der Waals surface area contributed by atoms with E-state index in [9.17, 15) is 9.59 Å². The van der Waals surface area contributed by atoms with Gasteiger partial charge in [0.25, 0.3) is 5.91 Å². The molecule has 1 aromatic heterocycles. The molecule has 2 aromatic carbocycles. The highest BCUT2D eigenvalue weighted by Gasteiger charge is 2.21. The van der Waals surface area contributed by atoms with E-state index in [1.807, 2.05) is 55.5 Å². The fourth-order valence-corrected chi connectivity index (χ4v) is 3.61. The largest absolute Gasteiger partial charge is 0.483 e. The first-order valence-electron chi connectivity index (χ1n) is 9.79. The van der Waals surface area contributed by atoms with Crippen LogP contribution in [0.2, 0.25) is 0 Å². The van der Waals surface area contributed by atoms with Crippen molar-refractivity contribution in [1.82, 2.24) is 19.8 Å². The number of para-hydroxylation sites is 3. The van der Waals surface area contributed by atoms with E-state index in [0.717, 1.165) is 28.2 Å². The average molecular weight is 392 g/mol. The van der Waals surface area contributed by atoms with Gasteiger partial charge in [-0.25, -0.2) is 4.98 Å². The summed E-state index contributed by atoms with van der Waals surface area (Å²) in [5, 5.41) is 2.92. The van der Waals surface area contributed by atoms with Gasteiger partial charge in [0.05, 0.1) is 11.0 Å². The van der Waals surface area contributed by atoms with Crippen LogP contribution in [0.5, 0.6) is 5.75 Å². The van der Waals surface area contributed by atoms with Crippen LogP contribution in [0, 0.1) is 6.92 Å². The molecule has 7 heteroatoms. The number of aromatic nitrogens is 2. The van der Waals surface area contributed by atoms with E-state index in [0.29, 0.717) is 32.6 Å². The monoisotopic (exact) mass is 392 g/mol. The fraction of sp³-hybridized carbons (Fsp3) is 0.318. The van der Waals surface area contributed by atoms with Crippen molar-refractivity contribution in [2.45, 2.75) is 26.4 Å². The molecular formula is C22H24N4O3. The van der Waals surface area contributed by atoms with Crippen molar-refractivity contribution in [2.24, 2.45) is 0 Å². The minimum absolute atomic E-state index is 0.0257. The van der Waals surface area contributed by atoms with E-state index in [4.69, 9.17) is 4.74 Å². The maximum Gasteiger partial charge on any atom is 0.260 e. The van der Waals surface area contributed by atoms with Gasteiger partial charge in [0.2, 0.25) is 5.91 Å². The standard InChI is InChI=1S/C22H24N4O3/c1-16-24-18-7-3-4-8-19(18)26(16)12-10-21(27)23-11-13-25-14-17-6-2-5-9-20(17)29-15-22(25)28/h2-9H,10-15H2,1H3,(H,23,27). The number of rotatable bonds is 6. The molecule has 2 heterocycles. The molecule has 0 fully saturated rings. The van der Waals surface area contributed by atoms with Crippen LogP contribution in [0.15, 0.2) is 48.5 Å². The summed E-state index contributed by atoms with van der Waals surface area (Å²) in [7, 11) is 0. The Kier molecular flexibility index (Phi) is 5.46. The summed E-state index contributed by atoms with van der Waals surface area (Å²) in [4.78, 5) is 30.8. The number of benzene rings is 2. The number of fused-ring (bicyclic) bond motifs is 2. The fourth-order valence-electron chi connectivity index (χ4n) is 3.61. The molecule has 29 heavy (non-hydrogen) atoms. The molecule has 4 rings (SSSR count). The molecule has 1 aliphatic heterocycles. The van der Waals surface area contributed by atoms with Crippen LogP contribution < -0.4 is 10.1 Å². The van der Waals surface area contributed by atoms with Crippen molar-refractivity contribution in [2.75, 3.05) is 19.7 Å². The van der Waals surface area contributed by atoms with Gasteiger partial charge in [0.1, 0.15) is 11.6 Å². The van der Waals surface area contributed by atoms with Gasteiger partial charge in [0, 0.05) is 38.2 Å². The molecule has 0 radical (unpaired) electrons. The number of aryl methyl sites for hydroxylation is 2. The summed E-state index contributed by atoms with van der Waals surface area (Å²) >= 11 is 0. The molecule has 0 saturated carbocycles. The van der Waals surface area contributed by atoms with Crippen molar-refractivity contribution in [3.8, 4) is 5.75 Å². The van der Waals surface area contributed by atoms with E-state index in [1.54, 1.807) is 4.90 Å². The third-order valence-corrected chi connectivity index (χ3v) is 5.15. The predicted molar refractivity (Wildman–Crippen MR) is 109 cm³/mol. The Balaban J connectivity index is 1.29.